The first-order chi connectivity index (χ1) is 9.65. The molecule has 0 saturated carbocycles. The molecule has 0 amide bonds. The first-order valence-corrected chi connectivity index (χ1v) is 6.83. The number of carbonyl (C=O) groups is 1. The zero-order valence-corrected chi connectivity index (χ0v) is 11.1. The van der Waals surface area contributed by atoms with Gasteiger partial charge in [0.2, 0.25) is 5.16 Å². The average molecular weight is 294 g/mol. The van der Waals surface area contributed by atoms with Gasteiger partial charge in [-0.05, 0) is 12.1 Å². The summed E-state index contributed by atoms with van der Waals surface area (Å²) in [4.78, 5) is 11.4. The van der Waals surface area contributed by atoms with Gasteiger partial charge in [0.05, 0.1) is 6.61 Å². The number of carbonyl (C=O) groups excluding carboxylic acids is 1. The Morgan fingerprint density at radius 2 is 2.30 bits per heavy atom. The minimum atomic E-state index is -0.376. The van der Waals surface area contributed by atoms with Crippen molar-refractivity contribution in [1.29, 1.82) is 0 Å². The second kappa shape index (κ2) is 5.12. The van der Waals surface area contributed by atoms with Crippen LogP contribution in [0.2, 0.25) is 0 Å². The molecule has 0 unspecified atom stereocenters. The second-order valence-corrected chi connectivity index (χ2v) is 5.42. The number of thioether (sulfide) groups is 1. The van der Waals surface area contributed by atoms with Crippen LogP contribution in [0.3, 0.4) is 0 Å². The van der Waals surface area contributed by atoms with Gasteiger partial charge in [-0.2, -0.15) is 0 Å². The van der Waals surface area contributed by atoms with E-state index >= 15 is 0 Å². The molecule has 1 atom stereocenters. The summed E-state index contributed by atoms with van der Waals surface area (Å²) in [6, 6.07) is 5.92. The molecule has 104 valence electrons. The number of ether oxygens (including phenoxy) is 1. The summed E-state index contributed by atoms with van der Waals surface area (Å²) in [5, 5.41) is 7.96. The van der Waals surface area contributed by atoms with Crippen molar-refractivity contribution in [3.05, 3.63) is 30.1 Å². The minimum Gasteiger partial charge on any atom is -0.465 e. The van der Waals surface area contributed by atoms with E-state index in [4.69, 9.17) is 10.6 Å². The summed E-state index contributed by atoms with van der Waals surface area (Å²) in [6.07, 6.45) is 0.617. The van der Waals surface area contributed by atoms with Gasteiger partial charge in [-0.1, -0.05) is 23.9 Å². The SMILES string of the molecule is Nn1c(S[C@@H]2CCOC2=O)nnc1-c1cccc(F)c1. The normalized spacial score (nSPS) is 18.2. The number of aromatic nitrogens is 3. The lowest BCUT2D eigenvalue weighted by molar-refractivity contribution is -0.137. The van der Waals surface area contributed by atoms with E-state index in [0.717, 1.165) is 0 Å². The molecule has 0 spiro atoms. The molecule has 1 aliphatic heterocycles. The molecule has 8 heteroatoms. The number of cyclic esters (lactones) is 1. The largest absolute Gasteiger partial charge is 0.465 e. The molecule has 3 rings (SSSR count). The van der Waals surface area contributed by atoms with Gasteiger partial charge in [0, 0.05) is 12.0 Å². The van der Waals surface area contributed by atoms with Crippen LogP contribution >= 0.6 is 11.8 Å². The molecule has 2 aromatic rings. The van der Waals surface area contributed by atoms with Crippen LogP contribution in [0.25, 0.3) is 11.4 Å². The lowest BCUT2D eigenvalue weighted by atomic mass is 10.2. The molecule has 0 bridgehead atoms. The van der Waals surface area contributed by atoms with E-state index in [1.807, 2.05) is 0 Å². The third kappa shape index (κ3) is 2.34. The number of nitrogens with zero attached hydrogens (tertiary/aromatic N) is 3. The summed E-state index contributed by atoms with van der Waals surface area (Å²) < 4.78 is 19.3. The molecular weight excluding hydrogens is 283 g/mol. The summed E-state index contributed by atoms with van der Waals surface area (Å²) >= 11 is 1.20. The molecule has 6 nitrogen and oxygen atoms in total. The van der Waals surface area contributed by atoms with Crippen LogP contribution in [0.4, 0.5) is 4.39 Å². The first kappa shape index (κ1) is 12.9. The zero-order valence-electron chi connectivity index (χ0n) is 10.3. The Bertz CT molecular complexity index is 661. The lowest BCUT2D eigenvalue weighted by Crippen LogP contribution is -2.15. The fraction of sp³-hybridized carbons (Fsp3) is 0.250. The highest BCUT2D eigenvalue weighted by molar-refractivity contribution is 8.00. The molecular formula is C12H11FN4O2S. The molecule has 2 heterocycles. The van der Waals surface area contributed by atoms with Crippen LogP contribution in [0, 0.1) is 5.82 Å². The summed E-state index contributed by atoms with van der Waals surface area (Å²) in [7, 11) is 0. The smallest absolute Gasteiger partial charge is 0.319 e. The summed E-state index contributed by atoms with van der Waals surface area (Å²) in [5.74, 6) is 5.60. The number of rotatable bonds is 3. The van der Waals surface area contributed by atoms with Gasteiger partial charge < -0.3 is 10.6 Å². The topological polar surface area (TPSA) is 83.0 Å². The molecule has 0 radical (unpaired) electrons. The molecule has 1 fully saturated rings. The first-order valence-electron chi connectivity index (χ1n) is 5.95. The maximum Gasteiger partial charge on any atom is 0.319 e. The van der Waals surface area contributed by atoms with Crippen LogP contribution in [0.1, 0.15) is 6.42 Å². The highest BCUT2D eigenvalue weighted by atomic mass is 32.2. The second-order valence-electron chi connectivity index (χ2n) is 4.25. The van der Waals surface area contributed by atoms with E-state index in [9.17, 15) is 9.18 Å². The quantitative estimate of drug-likeness (QED) is 0.676. The van der Waals surface area contributed by atoms with Gasteiger partial charge in [0.25, 0.3) is 0 Å². The number of benzene rings is 1. The number of esters is 1. The van der Waals surface area contributed by atoms with Crippen LogP contribution < -0.4 is 5.84 Å². The van der Waals surface area contributed by atoms with Crippen molar-refractivity contribution < 1.29 is 13.9 Å². The molecule has 1 saturated heterocycles. The van der Waals surface area contributed by atoms with Crippen molar-refractivity contribution >= 4 is 17.7 Å². The monoisotopic (exact) mass is 294 g/mol. The van der Waals surface area contributed by atoms with Crippen molar-refractivity contribution in [2.45, 2.75) is 16.8 Å². The Morgan fingerprint density at radius 1 is 1.45 bits per heavy atom. The Balaban J connectivity index is 1.87. The third-order valence-electron chi connectivity index (χ3n) is 2.88. The maximum absolute atomic E-state index is 13.2. The standard InChI is InChI=1S/C12H11FN4O2S/c13-8-3-1-2-7(6-8)10-15-16-12(17(10)14)20-9-4-5-19-11(9)18/h1-3,6,9H,4-5,14H2/t9-/m1/s1. The van der Waals surface area contributed by atoms with Crippen LogP contribution in [-0.2, 0) is 9.53 Å². The van der Waals surface area contributed by atoms with Crippen LogP contribution in [0.5, 0.6) is 0 Å². The van der Waals surface area contributed by atoms with Gasteiger partial charge in [-0.25, -0.2) is 9.07 Å². The Kier molecular flexibility index (Phi) is 3.31. The molecule has 0 aliphatic carbocycles. The maximum atomic E-state index is 13.2. The molecule has 2 N–H and O–H groups in total. The summed E-state index contributed by atoms with van der Waals surface area (Å²) in [6.45, 7) is 0.409. The van der Waals surface area contributed by atoms with Gasteiger partial charge in [0.1, 0.15) is 11.1 Å². The van der Waals surface area contributed by atoms with Gasteiger partial charge in [-0.15, -0.1) is 10.2 Å². The predicted octanol–water partition coefficient (Wildman–Crippen LogP) is 1.21. The van der Waals surface area contributed by atoms with E-state index in [0.29, 0.717) is 29.6 Å². The van der Waals surface area contributed by atoms with Crippen molar-refractivity contribution in [2.75, 3.05) is 12.4 Å². The number of hydrogen-bond donors (Lipinski definition) is 1. The fourth-order valence-corrected chi connectivity index (χ4v) is 2.81. The van der Waals surface area contributed by atoms with Crippen molar-refractivity contribution in [2.24, 2.45) is 0 Å². The molecule has 1 aromatic heterocycles. The van der Waals surface area contributed by atoms with E-state index in [2.05, 4.69) is 10.2 Å². The number of nitrogen functional groups attached to an aromatic ring is 1. The number of nitrogens with two attached hydrogens (primary N) is 1. The van der Waals surface area contributed by atoms with Crippen molar-refractivity contribution in [3.8, 4) is 11.4 Å². The zero-order chi connectivity index (χ0) is 14.1. The van der Waals surface area contributed by atoms with E-state index in [-0.39, 0.29) is 17.0 Å². The fourth-order valence-electron chi connectivity index (χ4n) is 1.89. The van der Waals surface area contributed by atoms with Crippen molar-refractivity contribution in [3.63, 3.8) is 0 Å². The third-order valence-corrected chi connectivity index (χ3v) is 4.08. The van der Waals surface area contributed by atoms with E-state index in [1.165, 1.54) is 28.6 Å². The molecule has 20 heavy (non-hydrogen) atoms. The Labute approximate surface area is 118 Å². The predicted molar refractivity (Wildman–Crippen MR) is 70.8 cm³/mol. The minimum absolute atomic E-state index is 0.273. The molecule has 1 aromatic carbocycles. The van der Waals surface area contributed by atoms with Crippen molar-refractivity contribution in [1.82, 2.24) is 14.9 Å². The lowest BCUT2D eigenvalue weighted by Gasteiger charge is -2.05. The van der Waals surface area contributed by atoms with Gasteiger partial charge in [0.15, 0.2) is 5.82 Å². The van der Waals surface area contributed by atoms with Gasteiger partial charge in [-0.3, -0.25) is 4.79 Å². The summed E-state index contributed by atoms with van der Waals surface area (Å²) in [5.41, 5.74) is 0.529. The van der Waals surface area contributed by atoms with E-state index < -0.39 is 0 Å². The Morgan fingerprint density at radius 3 is 3.00 bits per heavy atom. The van der Waals surface area contributed by atoms with Crippen LogP contribution in [0.15, 0.2) is 29.4 Å². The molecule has 1 aliphatic rings. The Hall–Kier alpha value is -2.09. The van der Waals surface area contributed by atoms with E-state index in [1.54, 1.807) is 12.1 Å². The van der Waals surface area contributed by atoms with Gasteiger partial charge >= 0.3 is 5.97 Å². The number of hydrogen-bond acceptors (Lipinski definition) is 6. The highest BCUT2D eigenvalue weighted by Gasteiger charge is 2.29. The van der Waals surface area contributed by atoms with Crippen LogP contribution in [-0.4, -0.2) is 32.7 Å². The average Bonchev–Trinajstić information content (AvgIpc) is 2.98. The number of halogens is 1. The highest BCUT2D eigenvalue weighted by Crippen LogP contribution is 2.29.